The van der Waals surface area contributed by atoms with E-state index in [1.807, 2.05) is 37.2 Å². The smallest absolute Gasteiger partial charge is 0.257 e. The highest BCUT2D eigenvalue weighted by molar-refractivity contribution is 6.03. The molecule has 0 saturated carbocycles. The van der Waals surface area contributed by atoms with Gasteiger partial charge in [-0.3, -0.25) is 9.78 Å². The molecule has 0 atom stereocenters. The molecular weight excluding hydrogens is 226 g/mol. The first-order valence-electron chi connectivity index (χ1n) is 5.75. The Kier molecular flexibility index (Phi) is 2.30. The van der Waals surface area contributed by atoms with Gasteiger partial charge in [-0.25, -0.2) is 0 Å². The molecule has 4 nitrogen and oxygen atoms in total. The van der Waals surface area contributed by atoms with Crippen LogP contribution in [0.4, 0.5) is 5.69 Å². The van der Waals surface area contributed by atoms with Crippen LogP contribution in [0.25, 0.3) is 21.8 Å². The van der Waals surface area contributed by atoms with Gasteiger partial charge < -0.3 is 9.88 Å². The van der Waals surface area contributed by atoms with Gasteiger partial charge >= 0.3 is 0 Å². The van der Waals surface area contributed by atoms with Gasteiger partial charge in [0.05, 0.1) is 16.4 Å². The Morgan fingerprint density at radius 2 is 2.00 bits per heavy atom. The predicted molar refractivity (Wildman–Crippen MR) is 74.2 cm³/mol. The SMILES string of the molecule is CN(C)c1ccc2c(c1)[nH]c(=O)c1cccnc12. The molecule has 0 unspecified atom stereocenters. The Labute approximate surface area is 104 Å². The molecule has 1 aromatic carbocycles. The first-order chi connectivity index (χ1) is 8.66. The molecule has 3 aromatic rings. The lowest BCUT2D eigenvalue weighted by atomic mass is 10.1. The number of aromatic nitrogens is 2. The average molecular weight is 239 g/mol. The number of hydrogen-bond donors (Lipinski definition) is 1. The predicted octanol–water partition coefficient (Wildman–Crippen LogP) is 2.14. The number of rotatable bonds is 1. The van der Waals surface area contributed by atoms with E-state index < -0.39 is 0 Å². The molecule has 0 amide bonds. The van der Waals surface area contributed by atoms with Crippen molar-refractivity contribution < 1.29 is 0 Å². The van der Waals surface area contributed by atoms with Gasteiger partial charge in [0, 0.05) is 31.4 Å². The number of nitrogens with one attached hydrogen (secondary N) is 1. The van der Waals surface area contributed by atoms with Gasteiger partial charge in [-0.05, 0) is 30.3 Å². The first-order valence-corrected chi connectivity index (χ1v) is 5.75. The molecule has 1 N–H and O–H groups in total. The van der Waals surface area contributed by atoms with E-state index in [-0.39, 0.29) is 5.56 Å². The van der Waals surface area contributed by atoms with Gasteiger partial charge in [0.15, 0.2) is 0 Å². The molecule has 0 radical (unpaired) electrons. The van der Waals surface area contributed by atoms with Gasteiger partial charge in [-0.2, -0.15) is 0 Å². The van der Waals surface area contributed by atoms with Crippen molar-refractivity contribution >= 4 is 27.5 Å². The minimum atomic E-state index is -0.0958. The molecule has 0 fully saturated rings. The van der Waals surface area contributed by atoms with Crippen LogP contribution in [0.3, 0.4) is 0 Å². The molecule has 90 valence electrons. The zero-order chi connectivity index (χ0) is 12.7. The number of H-pyrrole nitrogens is 1. The molecular formula is C14H13N3O. The number of hydrogen-bond acceptors (Lipinski definition) is 3. The fourth-order valence-electron chi connectivity index (χ4n) is 2.11. The number of nitrogens with zero attached hydrogens (tertiary/aromatic N) is 2. The van der Waals surface area contributed by atoms with Crippen LogP contribution < -0.4 is 10.5 Å². The monoisotopic (exact) mass is 239 g/mol. The maximum atomic E-state index is 12.0. The van der Waals surface area contributed by atoms with Crippen LogP contribution in [0.1, 0.15) is 0 Å². The summed E-state index contributed by atoms with van der Waals surface area (Å²) in [5, 5.41) is 1.60. The third-order valence-electron chi connectivity index (χ3n) is 3.08. The van der Waals surface area contributed by atoms with Crippen LogP contribution >= 0.6 is 0 Å². The maximum absolute atomic E-state index is 12.0. The standard InChI is InChI=1S/C14H13N3O/c1-17(2)9-5-6-10-12(8-9)16-14(18)11-4-3-7-15-13(10)11/h3-8H,1-2H3,(H,16,18). The van der Waals surface area contributed by atoms with Gasteiger partial charge in [-0.15, -0.1) is 0 Å². The van der Waals surface area contributed by atoms with E-state index in [1.165, 1.54) is 0 Å². The van der Waals surface area contributed by atoms with Crippen LogP contribution in [0.5, 0.6) is 0 Å². The van der Waals surface area contributed by atoms with E-state index in [2.05, 4.69) is 9.97 Å². The Morgan fingerprint density at radius 1 is 1.17 bits per heavy atom. The third kappa shape index (κ3) is 1.54. The second-order valence-electron chi connectivity index (χ2n) is 4.48. The lowest BCUT2D eigenvalue weighted by Gasteiger charge is -2.13. The first kappa shape index (κ1) is 10.8. The van der Waals surface area contributed by atoms with Crippen molar-refractivity contribution in [1.82, 2.24) is 9.97 Å². The third-order valence-corrected chi connectivity index (χ3v) is 3.08. The van der Waals surface area contributed by atoms with Crippen LogP contribution in [-0.4, -0.2) is 24.1 Å². The highest BCUT2D eigenvalue weighted by Gasteiger charge is 2.06. The van der Waals surface area contributed by atoms with Crippen molar-refractivity contribution in [3.05, 3.63) is 46.9 Å². The van der Waals surface area contributed by atoms with Crippen molar-refractivity contribution in [1.29, 1.82) is 0 Å². The number of benzene rings is 1. The average Bonchev–Trinajstić information content (AvgIpc) is 2.38. The molecule has 0 saturated heterocycles. The summed E-state index contributed by atoms with van der Waals surface area (Å²) < 4.78 is 0. The number of fused-ring (bicyclic) bond motifs is 3. The van der Waals surface area contributed by atoms with Gasteiger partial charge in [0.2, 0.25) is 0 Å². The van der Waals surface area contributed by atoms with E-state index in [9.17, 15) is 4.79 Å². The lowest BCUT2D eigenvalue weighted by Crippen LogP contribution is -2.10. The van der Waals surface area contributed by atoms with Gasteiger partial charge in [0.1, 0.15) is 0 Å². The molecule has 2 heterocycles. The van der Waals surface area contributed by atoms with Gasteiger partial charge in [0.25, 0.3) is 5.56 Å². The quantitative estimate of drug-likeness (QED) is 0.662. The van der Waals surface area contributed by atoms with Crippen LogP contribution in [0.2, 0.25) is 0 Å². The highest BCUT2D eigenvalue weighted by Crippen LogP contribution is 2.23. The fourth-order valence-corrected chi connectivity index (χ4v) is 2.11. The fraction of sp³-hybridized carbons (Fsp3) is 0.143. The van der Waals surface area contributed by atoms with Crippen molar-refractivity contribution in [2.24, 2.45) is 0 Å². The molecule has 0 aliphatic carbocycles. The molecule has 4 heteroatoms. The lowest BCUT2D eigenvalue weighted by molar-refractivity contribution is 1.13. The van der Waals surface area contributed by atoms with E-state index >= 15 is 0 Å². The largest absolute Gasteiger partial charge is 0.378 e. The molecule has 2 aromatic heterocycles. The summed E-state index contributed by atoms with van der Waals surface area (Å²) in [5.41, 5.74) is 2.52. The summed E-state index contributed by atoms with van der Waals surface area (Å²) in [4.78, 5) is 21.2. The van der Waals surface area contributed by atoms with Crippen molar-refractivity contribution in [3.8, 4) is 0 Å². The van der Waals surface area contributed by atoms with Crippen LogP contribution in [0.15, 0.2) is 41.3 Å². The van der Waals surface area contributed by atoms with Gasteiger partial charge in [-0.1, -0.05) is 0 Å². The van der Waals surface area contributed by atoms with Crippen LogP contribution in [0, 0.1) is 0 Å². The van der Waals surface area contributed by atoms with Crippen molar-refractivity contribution in [2.45, 2.75) is 0 Å². The van der Waals surface area contributed by atoms with Crippen LogP contribution in [-0.2, 0) is 0 Å². The second kappa shape index (κ2) is 3.84. The molecule has 0 aliphatic rings. The maximum Gasteiger partial charge on any atom is 0.257 e. The highest BCUT2D eigenvalue weighted by atomic mass is 16.1. The van der Waals surface area contributed by atoms with E-state index in [1.54, 1.807) is 18.3 Å². The summed E-state index contributed by atoms with van der Waals surface area (Å²) in [6, 6.07) is 9.55. The zero-order valence-electron chi connectivity index (χ0n) is 10.3. The Bertz CT molecular complexity index is 790. The molecule has 0 aliphatic heterocycles. The van der Waals surface area contributed by atoms with Crippen molar-refractivity contribution in [2.75, 3.05) is 19.0 Å². The summed E-state index contributed by atoms with van der Waals surface area (Å²) >= 11 is 0. The molecule has 0 bridgehead atoms. The summed E-state index contributed by atoms with van der Waals surface area (Å²) in [6.07, 6.45) is 1.71. The second-order valence-corrected chi connectivity index (χ2v) is 4.48. The minimum absolute atomic E-state index is 0.0958. The zero-order valence-corrected chi connectivity index (χ0v) is 10.3. The molecule has 18 heavy (non-hydrogen) atoms. The van der Waals surface area contributed by atoms with Crippen molar-refractivity contribution in [3.63, 3.8) is 0 Å². The summed E-state index contributed by atoms with van der Waals surface area (Å²) in [5.74, 6) is 0. The van der Waals surface area contributed by atoms with E-state index in [0.29, 0.717) is 5.39 Å². The Morgan fingerprint density at radius 3 is 2.78 bits per heavy atom. The van der Waals surface area contributed by atoms with E-state index in [0.717, 1.165) is 22.1 Å². The molecule has 3 rings (SSSR count). The topological polar surface area (TPSA) is 49.0 Å². The number of pyridine rings is 2. The minimum Gasteiger partial charge on any atom is -0.378 e. The Balaban J connectivity index is 2.46. The summed E-state index contributed by atoms with van der Waals surface area (Å²) in [7, 11) is 3.94. The number of anilines is 1. The summed E-state index contributed by atoms with van der Waals surface area (Å²) in [6.45, 7) is 0. The normalized spacial score (nSPS) is 11.0. The van der Waals surface area contributed by atoms with E-state index in [4.69, 9.17) is 0 Å². The molecule has 0 spiro atoms. The number of aromatic amines is 1. The Hall–Kier alpha value is -2.36.